The summed E-state index contributed by atoms with van der Waals surface area (Å²) in [7, 11) is -3.00. The highest BCUT2D eigenvalue weighted by Gasteiger charge is 2.27. The summed E-state index contributed by atoms with van der Waals surface area (Å²) in [6.45, 7) is 6.11. The molecule has 8 heteroatoms. The highest BCUT2D eigenvalue weighted by atomic mass is 32.2. The molecule has 0 amide bonds. The zero-order valence-corrected chi connectivity index (χ0v) is 16.0. The molecule has 0 aliphatic carbocycles. The SMILES string of the molecule is Cc1sc2ncnc(N3CCC(N[C@H]4C=CS(=O)(=O)C4)CC3)c2c1C. The van der Waals surface area contributed by atoms with Crippen LogP contribution in [-0.4, -0.2) is 49.3 Å². The van der Waals surface area contributed by atoms with Crippen LogP contribution in [0.2, 0.25) is 0 Å². The largest absolute Gasteiger partial charge is 0.356 e. The Bertz CT molecular complexity index is 928. The molecular formula is C17H22N4O2S2. The Morgan fingerprint density at radius 3 is 2.68 bits per heavy atom. The van der Waals surface area contributed by atoms with Crippen LogP contribution in [0.25, 0.3) is 10.2 Å². The molecule has 0 bridgehead atoms. The number of rotatable bonds is 3. The van der Waals surface area contributed by atoms with Crippen molar-refractivity contribution in [2.75, 3.05) is 23.7 Å². The summed E-state index contributed by atoms with van der Waals surface area (Å²) < 4.78 is 23.1. The van der Waals surface area contributed by atoms with Gasteiger partial charge in [0.2, 0.25) is 0 Å². The van der Waals surface area contributed by atoms with Gasteiger partial charge in [0.25, 0.3) is 0 Å². The van der Waals surface area contributed by atoms with E-state index in [2.05, 4.69) is 34.0 Å². The van der Waals surface area contributed by atoms with E-state index in [1.54, 1.807) is 23.7 Å². The van der Waals surface area contributed by atoms with Gasteiger partial charge in [0.05, 0.1) is 11.1 Å². The molecule has 2 aromatic rings. The van der Waals surface area contributed by atoms with Crippen molar-refractivity contribution in [1.82, 2.24) is 15.3 Å². The molecule has 0 aromatic carbocycles. The minimum atomic E-state index is -3.00. The Kier molecular flexibility index (Phi) is 4.29. The maximum atomic E-state index is 11.5. The van der Waals surface area contributed by atoms with E-state index in [-0.39, 0.29) is 11.8 Å². The van der Waals surface area contributed by atoms with Crippen LogP contribution in [0.3, 0.4) is 0 Å². The van der Waals surface area contributed by atoms with Crippen LogP contribution in [0, 0.1) is 13.8 Å². The number of thiophene rings is 1. The van der Waals surface area contributed by atoms with Crippen LogP contribution in [0.5, 0.6) is 0 Å². The number of hydrogen-bond donors (Lipinski definition) is 1. The van der Waals surface area contributed by atoms with Gasteiger partial charge in [-0.25, -0.2) is 18.4 Å². The van der Waals surface area contributed by atoms with Gasteiger partial charge in [-0.2, -0.15) is 0 Å². The molecule has 2 aromatic heterocycles. The van der Waals surface area contributed by atoms with Crippen LogP contribution in [0.1, 0.15) is 23.3 Å². The fourth-order valence-corrected chi connectivity index (χ4v) is 5.88. The van der Waals surface area contributed by atoms with Crippen molar-refractivity contribution in [2.24, 2.45) is 0 Å². The third-order valence-corrected chi connectivity index (χ3v) is 7.63. The van der Waals surface area contributed by atoms with Crippen molar-refractivity contribution < 1.29 is 8.42 Å². The first-order valence-electron chi connectivity index (χ1n) is 8.55. The molecule has 0 spiro atoms. The number of aromatic nitrogens is 2. The Hall–Kier alpha value is -1.51. The average molecular weight is 379 g/mol. The van der Waals surface area contributed by atoms with E-state index in [0.29, 0.717) is 6.04 Å². The van der Waals surface area contributed by atoms with Crippen molar-refractivity contribution >= 4 is 37.2 Å². The Labute approximate surface area is 151 Å². The van der Waals surface area contributed by atoms with Crippen molar-refractivity contribution in [1.29, 1.82) is 0 Å². The first-order chi connectivity index (χ1) is 11.9. The van der Waals surface area contributed by atoms with Crippen molar-refractivity contribution in [3.63, 3.8) is 0 Å². The maximum Gasteiger partial charge on any atom is 0.173 e. The second-order valence-corrected chi connectivity index (χ2v) is 9.99. The first-order valence-corrected chi connectivity index (χ1v) is 11.1. The molecule has 0 radical (unpaired) electrons. The summed E-state index contributed by atoms with van der Waals surface area (Å²) in [5.41, 5.74) is 1.28. The summed E-state index contributed by atoms with van der Waals surface area (Å²) >= 11 is 1.72. The predicted molar refractivity (Wildman–Crippen MR) is 102 cm³/mol. The second-order valence-electron chi connectivity index (χ2n) is 6.85. The molecule has 2 aliphatic heterocycles. The quantitative estimate of drug-likeness (QED) is 0.882. The minimum Gasteiger partial charge on any atom is -0.356 e. The molecule has 4 rings (SSSR count). The highest BCUT2D eigenvalue weighted by molar-refractivity contribution is 7.94. The number of nitrogens with one attached hydrogen (secondary N) is 1. The maximum absolute atomic E-state index is 11.5. The number of sulfone groups is 1. The topological polar surface area (TPSA) is 75.2 Å². The van der Waals surface area contributed by atoms with Crippen LogP contribution >= 0.6 is 11.3 Å². The van der Waals surface area contributed by atoms with Gasteiger partial charge in [-0.05, 0) is 32.3 Å². The number of fused-ring (bicyclic) bond motifs is 1. The molecule has 1 atom stereocenters. The van der Waals surface area contributed by atoms with Crippen molar-refractivity contribution in [2.45, 2.75) is 38.8 Å². The smallest absolute Gasteiger partial charge is 0.173 e. The van der Waals surface area contributed by atoms with Gasteiger partial charge in [0.1, 0.15) is 17.0 Å². The van der Waals surface area contributed by atoms with Crippen LogP contribution in [0.4, 0.5) is 5.82 Å². The molecule has 4 heterocycles. The monoisotopic (exact) mass is 378 g/mol. The minimum absolute atomic E-state index is 0.0472. The number of anilines is 1. The lowest BCUT2D eigenvalue weighted by Crippen LogP contribution is -2.46. The van der Waals surface area contributed by atoms with Gasteiger partial charge in [-0.1, -0.05) is 6.08 Å². The fraction of sp³-hybridized carbons (Fsp3) is 0.529. The molecular weight excluding hydrogens is 356 g/mol. The molecule has 1 N–H and O–H groups in total. The Morgan fingerprint density at radius 2 is 2.00 bits per heavy atom. The summed E-state index contributed by atoms with van der Waals surface area (Å²) in [4.78, 5) is 13.7. The Balaban J connectivity index is 1.45. The van der Waals surface area contributed by atoms with Crippen LogP contribution in [0.15, 0.2) is 17.8 Å². The number of piperidine rings is 1. The molecule has 134 valence electrons. The van der Waals surface area contributed by atoms with E-state index in [9.17, 15) is 8.42 Å². The number of hydrogen-bond acceptors (Lipinski definition) is 7. The van der Waals surface area contributed by atoms with E-state index in [1.165, 1.54) is 21.2 Å². The lowest BCUT2D eigenvalue weighted by Gasteiger charge is -2.34. The van der Waals surface area contributed by atoms with E-state index < -0.39 is 9.84 Å². The molecule has 0 saturated carbocycles. The molecule has 1 saturated heterocycles. The van der Waals surface area contributed by atoms with E-state index in [1.807, 2.05) is 0 Å². The fourth-order valence-electron chi connectivity index (χ4n) is 3.64. The molecule has 25 heavy (non-hydrogen) atoms. The lowest BCUT2D eigenvalue weighted by atomic mass is 10.0. The summed E-state index contributed by atoms with van der Waals surface area (Å²) in [5.74, 6) is 1.22. The van der Waals surface area contributed by atoms with E-state index in [4.69, 9.17) is 0 Å². The summed E-state index contributed by atoms with van der Waals surface area (Å²) in [5, 5.41) is 5.99. The number of nitrogens with zero attached hydrogens (tertiary/aromatic N) is 3. The normalized spacial score (nSPS) is 23.6. The zero-order chi connectivity index (χ0) is 17.6. The second kappa shape index (κ2) is 6.34. The van der Waals surface area contributed by atoms with Gasteiger partial charge >= 0.3 is 0 Å². The molecule has 6 nitrogen and oxygen atoms in total. The van der Waals surface area contributed by atoms with Crippen LogP contribution < -0.4 is 10.2 Å². The van der Waals surface area contributed by atoms with E-state index >= 15 is 0 Å². The zero-order valence-electron chi connectivity index (χ0n) is 14.4. The molecule has 0 unspecified atom stereocenters. The predicted octanol–water partition coefficient (Wildman–Crippen LogP) is 2.18. The third kappa shape index (κ3) is 3.30. The molecule has 2 aliphatic rings. The van der Waals surface area contributed by atoms with Gasteiger partial charge in [0.15, 0.2) is 9.84 Å². The lowest BCUT2D eigenvalue weighted by molar-refractivity contribution is 0.400. The van der Waals surface area contributed by atoms with Gasteiger partial charge < -0.3 is 10.2 Å². The highest BCUT2D eigenvalue weighted by Crippen LogP contribution is 2.35. The first kappa shape index (κ1) is 16.9. The Morgan fingerprint density at radius 1 is 1.24 bits per heavy atom. The summed E-state index contributed by atoms with van der Waals surface area (Å²) in [6, 6.07) is 0.302. The molecule has 1 fully saturated rings. The average Bonchev–Trinajstić information content (AvgIpc) is 3.07. The standard InChI is InChI=1S/C17H22N4O2S2/c1-11-12(2)24-17-15(11)16(18-10-19-17)21-6-3-13(4-7-21)20-14-5-8-25(22,23)9-14/h5,8,10,13-14,20H,3-4,6-7,9H2,1-2H3/t14-/m0/s1. The summed E-state index contributed by atoms with van der Waals surface area (Å²) in [6.07, 6.45) is 5.40. The van der Waals surface area contributed by atoms with Gasteiger partial charge in [-0.3, -0.25) is 0 Å². The van der Waals surface area contributed by atoms with Gasteiger partial charge in [0, 0.05) is 35.5 Å². The van der Waals surface area contributed by atoms with Crippen molar-refractivity contribution in [3.05, 3.63) is 28.3 Å². The van der Waals surface area contributed by atoms with Crippen LogP contribution in [-0.2, 0) is 9.84 Å². The van der Waals surface area contributed by atoms with Crippen molar-refractivity contribution in [3.8, 4) is 0 Å². The number of aryl methyl sites for hydroxylation is 2. The van der Waals surface area contributed by atoms with E-state index in [0.717, 1.165) is 36.6 Å². The van der Waals surface area contributed by atoms with Gasteiger partial charge in [-0.15, -0.1) is 11.3 Å². The third-order valence-electron chi connectivity index (χ3n) is 5.12.